The van der Waals surface area contributed by atoms with Gasteiger partial charge < -0.3 is 10.2 Å². The van der Waals surface area contributed by atoms with Crippen molar-refractivity contribution in [2.45, 2.75) is 59.8 Å². The Morgan fingerprint density at radius 1 is 1.14 bits per heavy atom. The summed E-state index contributed by atoms with van der Waals surface area (Å²) >= 11 is 1.43. The maximum atomic E-state index is 13.0. The zero-order valence-electron chi connectivity index (χ0n) is 18.0. The van der Waals surface area contributed by atoms with Crippen molar-refractivity contribution in [1.82, 2.24) is 9.88 Å². The first kappa shape index (κ1) is 23.1. The van der Waals surface area contributed by atoms with E-state index in [9.17, 15) is 9.59 Å². The molecule has 2 aromatic rings. The van der Waals surface area contributed by atoms with Gasteiger partial charge in [-0.15, -0.1) is 11.3 Å². The zero-order valence-corrected chi connectivity index (χ0v) is 18.8. The maximum absolute atomic E-state index is 13.0. The first-order chi connectivity index (χ1) is 13.9. The summed E-state index contributed by atoms with van der Waals surface area (Å²) in [5.41, 5.74) is 1.88. The van der Waals surface area contributed by atoms with Crippen LogP contribution in [0.3, 0.4) is 0 Å². The van der Waals surface area contributed by atoms with Crippen molar-refractivity contribution in [3.05, 3.63) is 46.5 Å². The monoisotopic (exact) mass is 415 g/mol. The predicted molar refractivity (Wildman–Crippen MR) is 121 cm³/mol. The summed E-state index contributed by atoms with van der Waals surface area (Å²) in [6, 6.07) is 7.83. The van der Waals surface area contributed by atoms with E-state index < -0.39 is 0 Å². The molecule has 0 aliphatic rings. The average Bonchev–Trinajstić information content (AvgIpc) is 3.08. The van der Waals surface area contributed by atoms with E-state index in [4.69, 9.17) is 0 Å². The van der Waals surface area contributed by atoms with E-state index in [2.05, 4.69) is 17.2 Å². The largest absolute Gasteiger partial charge is 0.329 e. The first-order valence-electron chi connectivity index (χ1n) is 10.5. The summed E-state index contributed by atoms with van der Waals surface area (Å²) in [7, 11) is 0. The summed E-state index contributed by atoms with van der Waals surface area (Å²) in [4.78, 5) is 32.3. The van der Waals surface area contributed by atoms with Gasteiger partial charge in [-0.05, 0) is 43.4 Å². The quantitative estimate of drug-likeness (QED) is 0.506. The van der Waals surface area contributed by atoms with Crippen LogP contribution in [0.4, 0.5) is 5.13 Å². The molecule has 0 atom stereocenters. The number of nitrogens with zero attached hydrogens (tertiary/aromatic N) is 2. The summed E-state index contributed by atoms with van der Waals surface area (Å²) in [6.45, 7) is 8.79. The lowest BCUT2D eigenvalue weighted by Gasteiger charge is -2.24. The highest BCUT2D eigenvalue weighted by molar-refractivity contribution is 7.15. The topological polar surface area (TPSA) is 62.3 Å². The van der Waals surface area contributed by atoms with E-state index in [1.807, 2.05) is 45.0 Å². The van der Waals surface area contributed by atoms with Gasteiger partial charge in [0.05, 0.1) is 0 Å². The van der Waals surface area contributed by atoms with Crippen LogP contribution in [0, 0.1) is 12.8 Å². The molecule has 0 unspecified atom stereocenters. The van der Waals surface area contributed by atoms with Crippen molar-refractivity contribution in [2.24, 2.45) is 5.92 Å². The van der Waals surface area contributed by atoms with Gasteiger partial charge in [0.1, 0.15) is 6.54 Å². The highest BCUT2D eigenvalue weighted by Crippen LogP contribution is 2.17. The zero-order chi connectivity index (χ0) is 21.2. The molecule has 0 fully saturated rings. The Morgan fingerprint density at radius 2 is 1.86 bits per heavy atom. The van der Waals surface area contributed by atoms with E-state index in [0.29, 0.717) is 17.2 Å². The van der Waals surface area contributed by atoms with Gasteiger partial charge in [0.2, 0.25) is 5.91 Å². The summed E-state index contributed by atoms with van der Waals surface area (Å²) < 4.78 is 0. The number of carbonyl (C=O) groups excluding carboxylic acids is 2. The van der Waals surface area contributed by atoms with Gasteiger partial charge in [0, 0.05) is 23.2 Å². The molecule has 1 aromatic heterocycles. The van der Waals surface area contributed by atoms with Crippen molar-refractivity contribution in [1.29, 1.82) is 0 Å². The molecule has 0 aliphatic carbocycles. The molecule has 5 nitrogen and oxygen atoms in total. The third kappa shape index (κ3) is 7.97. The van der Waals surface area contributed by atoms with Crippen molar-refractivity contribution in [2.75, 3.05) is 18.4 Å². The highest BCUT2D eigenvalue weighted by atomic mass is 32.1. The summed E-state index contributed by atoms with van der Waals surface area (Å²) in [6.07, 6.45) is 7.68. The van der Waals surface area contributed by atoms with Crippen LogP contribution in [0.2, 0.25) is 0 Å². The van der Waals surface area contributed by atoms with Gasteiger partial charge >= 0.3 is 0 Å². The van der Waals surface area contributed by atoms with Crippen LogP contribution in [0.15, 0.2) is 30.5 Å². The minimum Gasteiger partial charge on any atom is -0.329 e. The third-order valence-electron chi connectivity index (χ3n) is 4.59. The lowest BCUT2D eigenvalue weighted by molar-refractivity contribution is -0.117. The van der Waals surface area contributed by atoms with Crippen LogP contribution < -0.4 is 5.32 Å². The van der Waals surface area contributed by atoms with Crippen molar-refractivity contribution in [3.63, 3.8) is 0 Å². The Morgan fingerprint density at radius 3 is 2.45 bits per heavy atom. The molecule has 158 valence electrons. The average molecular weight is 416 g/mol. The number of anilines is 1. The molecule has 0 saturated heterocycles. The fraction of sp³-hybridized carbons (Fsp3) is 0.522. The normalized spacial score (nSPS) is 10.9. The Hall–Kier alpha value is -2.21. The number of aromatic nitrogens is 1. The fourth-order valence-electron chi connectivity index (χ4n) is 3.16. The molecule has 1 aromatic carbocycles. The van der Waals surface area contributed by atoms with Gasteiger partial charge in [-0.3, -0.25) is 9.59 Å². The maximum Gasteiger partial charge on any atom is 0.254 e. The number of nitrogens with one attached hydrogen (secondary N) is 1. The van der Waals surface area contributed by atoms with Crippen LogP contribution in [0.25, 0.3) is 0 Å². The molecule has 6 heteroatoms. The van der Waals surface area contributed by atoms with Crippen LogP contribution >= 0.6 is 11.3 Å². The fourth-order valence-corrected chi connectivity index (χ4v) is 3.84. The number of unbranched alkanes of at least 4 members (excludes halogenated alkanes) is 3. The van der Waals surface area contributed by atoms with Crippen molar-refractivity contribution in [3.8, 4) is 0 Å². The number of aryl methyl sites for hydroxylation is 2. The van der Waals surface area contributed by atoms with E-state index in [1.165, 1.54) is 42.6 Å². The van der Waals surface area contributed by atoms with E-state index in [0.717, 1.165) is 11.3 Å². The molecule has 0 aliphatic heterocycles. The predicted octanol–water partition coefficient (Wildman–Crippen LogP) is 5.31. The Bertz CT molecular complexity index is 784. The van der Waals surface area contributed by atoms with Crippen LogP contribution in [-0.2, 0) is 11.2 Å². The van der Waals surface area contributed by atoms with Gasteiger partial charge in [0.25, 0.3) is 5.91 Å². The molecule has 2 amide bonds. The van der Waals surface area contributed by atoms with E-state index in [-0.39, 0.29) is 24.3 Å². The second kappa shape index (κ2) is 11.7. The standard InChI is InChI=1S/C23H33N3O2S/c1-5-6-7-8-9-19-10-12-20(13-11-19)22(28)26(15-17(2)3)16-21(27)25-23-24-14-18(4)29-23/h10-14,17H,5-9,15-16H2,1-4H3,(H,24,25,27). The SMILES string of the molecule is CCCCCCc1ccc(C(=O)N(CC(=O)Nc2ncc(C)s2)CC(C)C)cc1. The number of benzene rings is 1. The van der Waals surface area contributed by atoms with Gasteiger partial charge in [-0.25, -0.2) is 4.98 Å². The molecule has 1 N–H and O–H groups in total. The smallest absolute Gasteiger partial charge is 0.254 e. The molecule has 0 spiro atoms. The van der Waals surface area contributed by atoms with E-state index in [1.54, 1.807) is 11.1 Å². The second-order valence-corrected chi connectivity index (χ2v) is 9.15. The van der Waals surface area contributed by atoms with Gasteiger partial charge in [-0.1, -0.05) is 52.2 Å². The molecule has 0 radical (unpaired) electrons. The molecule has 0 bridgehead atoms. The summed E-state index contributed by atoms with van der Waals surface area (Å²) in [5, 5.41) is 3.36. The molecule has 0 saturated carbocycles. The molecule has 1 heterocycles. The number of amides is 2. The second-order valence-electron chi connectivity index (χ2n) is 7.91. The number of hydrogen-bond acceptors (Lipinski definition) is 4. The Kier molecular flexibility index (Phi) is 9.32. The minimum atomic E-state index is -0.221. The van der Waals surface area contributed by atoms with Crippen LogP contribution in [0.5, 0.6) is 0 Å². The number of carbonyl (C=O) groups is 2. The van der Waals surface area contributed by atoms with Crippen molar-refractivity contribution >= 4 is 28.3 Å². The van der Waals surface area contributed by atoms with Crippen LogP contribution in [0.1, 0.15) is 67.3 Å². The molecular formula is C23H33N3O2S. The van der Waals surface area contributed by atoms with Gasteiger partial charge in [0.15, 0.2) is 5.13 Å². The third-order valence-corrected chi connectivity index (χ3v) is 5.42. The number of rotatable bonds is 11. The number of hydrogen-bond donors (Lipinski definition) is 1. The molecule has 2 rings (SSSR count). The Labute approximate surface area is 178 Å². The molecular weight excluding hydrogens is 382 g/mol. The van der Waals surface area contributed by atoms with Crippen LogP contribution in [-0.4, -0.2) is 34.8 Å². The number of thiazole rings is 1. The van der Waals surface area contributed by atoms with Gasteiger partial charge in [-0.2, -0.15) is 0 Å². The minimum absolute atomic E-state index is 0.0222. The van der Waals surface area contributed by atoms with Crippen molar-refractivity contribution < 1.29 is 9.59 Å². The lowest BCUT2D eigenvalue weighted by Crippen LogP contribution is -2.40. The van der Waals surface area contributed by atoms with E-state index >= 15 is 0 Å². The lowest BCUT2D eigenvalue weighted by atomic mass is 10.0. The Balaban J connectivity index is 1.99. The first-order valence-corrected chi connectivity index (χ1v) is 11.3. The summed E-state index contributed by atoms with van der Waals surface area (Å²) in [5.74, 6) is -0.0608. The highest BCUT2D eigenvalue weighted by Gasteiger charge is 2.20. The molecule has 29 heavy (non-hydrogen) atoms.